The number of amides is 2. The number of carbonyl (C=O) groups is 2. The summed E-state index contributed by atoms with van der Waals surface area (Å²) in [7, 11) is 0. The molecule has 3 rings (SSSR count). The number of rotatable bonds is 5. The first-order valence-corrected chi connectivity index (χ1v) is 9.27. The number of hydrogen-bond donors (Lipinski definition) is 0. The van der Waals surface area contributed by atoms with Crippen molar-refractivity contribution in [1.29, 1.82) is 0 Å². The lowest BCUT2D eigenvalue weighted by atomic mass is 9.88. The summed E-state index contributed by atoms with van der Waals surface area (Å²) >= 11 is 0. The van der Waals surface area contributed by atoms with Crippen LogP contribution in [0.1, 0.15) is 44.6 Å². The predicted octanol–water partition coefficient (Wildman–Crippen LogP) is 2.87. The van der Waals surface area contributed by atoms with Gasteiger partial charge in [-0.1, -0.05) is 49.6 Å². The fraction of sp³-hybridized carbons (Fsp3) is 0.600. The molecule has 1 atom stereocenters. The maximum atomic E-state index is 12.7. The van der Waals surface area contributed by atoms with Gasteiger partial charge in [-0.15, -0.1) is 0 Å². The summed E-state index contributed by atoms with van der Waals surface area (Å²) in [5.41, 5.74) is 1.20. The Morgan fingerprint density at radius 2 is 1.75 bits per heavy atom. The van der Waals surface area contributed by atoms with Crippen LogP contribution in [0.4, 0.5) is 0 Å². The first kappa shape index (κ1) is 17.0. The van der Waals surface area contributed by atoms with E-state index in [-0.39, 0.29) is 24.4 Å². The first-order chi connectivity index (χ1) is 11.6. The Morgan fingerprint density at radius 3 is 2.46 bits per heavy atom. The van der Waals surface area contributed by atoms with Crippen molar-refractivity contribution in [3.05, 3.63) is 35.9 Å². The summed E-state index contributed by atoms with van der Waals surface area (Å²) in [4.78, 5) is 28.8. The quantitative estimate of drug-likeness (QED) is 0.834. The molecule has 2 amide bonds. The van der Waals surface area contributed by atoms with Gasteiger partial charge in [-0.2, -0.15) is 0 Å². The summed E-state index contributed by atoms with van der Waals surface area (Å²) in [5, 5.41) is 0. The van der Waals surface area contributed by atoms with Crippen LogP contribution in [0.3, 0.4) is 0 Å². The molecule has 130 valence electrons. The molecule has 1 heterocycles. The van der Waals surface area contributed by atoms with E-state index in [1.54, 1.807) is 4.90 Å². The Labute approximate surface area is 144 Å². The van der Waals surface area contributed by atoms with Gasteiger partial charge < -0.3 is 9.80 Å². The minimum Gasteiger partial charge on any atom is -0.331 e. The highest BCUT2D eigenvalue weighted by Crippen LogP contribution is 2.26. The van der Waals surface area contributed by atoms with E-state index in [0.29, 0.717) is 12.5 Å². The number of benzene rings is 1. The van der Waals surface area contributed by atoms with E-state index in [2.05, 4.69) is 12.1 Å². The van der Waals surface area contributed by atoms with E-state index in [9.17, 15) is 9.59 Å². The molecule has 0 radical (unpaired) electrons. The molecule has 1 aliphatic heterocycles. The van der Waals surface area contributed by atoms with Gasteiger partial charge >= 0.3 is 0 Å². The van der Waals surface area contributed by atoms with E-state index in [4.69, 9.17) is 0 Å². The molecular formula is C20H28N2O2. The largest absolute Gasteiger partial charge is 0.331 e. The average molecular weight is 328 g/mol. The zero-order valence-corrected chi connectivity index (χ0v) is 14.6. The second-order valence-electron chi connectivity index (χ2n) is 7.22. The molecule has 1 saturated carbocycles. The van der Waals surface area contributed by atoms with Crippen molar-refractivity contribution in [3.8, 4) is 0 Å². The third kappa shape index (κ3) is 3.97. The number of piperazine rings is 1. The predicted molar refractivity (Wildman–Crippen MR) is 94.5 cm³/mol. The molecule has 2 fully saturated rings. The zero-order valence-electron chi connectivity index (χ0n) is 14.6. The van der Waals surface area contributed by atoms with Gasteiger partial charge in [0.2, 0.25) is 11.8 Å². The van der Waals surface area contributed by atoms with Crippen molar-refractivity contribution in [1.82, 2.24) is 9.80 Å². The van der Waals surface area contributed by atoms with Gasteiger partial charge in [0.1, 0.15) is 6.04 Å². The van der Waals surface area contributed by atoms with Crippen LogP contribution in [-0.4, -0.2) is 47.3 Å². The van der Waals surface area contributed by atoms with Crippen molar-refractivity contribution < 1.29 is 9.59 Å². The van der Waals surface area contributed by atoms with Crippen LogP contribution in [0.2, 0.25) is 0 Å². The minimum absolute atomic E-state index is 0.0985. The minimum atomic E-state index is -0.316. The second-order valence-corrected chi connectivity index (χ2v) is 7.22. The maximum absolute atomic E-state index is 12.7. The molecule has 0 spiro atoms. The smallest absolute Gasteiger partial charge is 0.245 e. The van der Waals surface area contributed by atoms with Crippen LogP contribution in [0.15, 0.2) is 30.3 Å². The second kappa shape index (κ2) is 7.82. The van der Waals surface area contributed by atoms with Crippen LogP contribution in [0.5, 0.6) is 0 Å². The molecule has 1 aliphatic carbocycles. The third-order valence-electron chi connectivity index (χ3n) is 5.48. The Balaban J connectivity index is 1.57. The maximum Gasteiger partial charge on any atom is 0.245 e. The average Bonchev–Trinajstić information content (AvgIpc) is 2.62. The lowest BCUT2D eigenvalue weighted by molar-refractivity contribution is -0.155. The summed E-state index contributed by atoms with van der Waals surface area (Å²) in [6.07, 6.45) is 7.03. The SMILES string of the molecule is C[C@@H]1C(=O)N(CCc2ccccc2)CC(=O)N1CC1CCCCC1. The standard InChI is InChI=1S/C20H28N2O2/c1-16-20(24)21(13-12-17-8-4-2-5-9-17)15-19(23)22(16)14-18-10-6-3-7-11-18/h2,4-5,8-9,16,18H,3,6-7,10-15H2,1H3/t16-/m1/s1. The topological polar surface area (TPSA) is 40.6 Å². The van der Waals surface area contributed by atoms with Gasteiger partial charge in [0, 0.05) is 13.1 Å². The number of hydrogen-bond acceptors (Lipinski definition) is 2. The fourth-order valence-corrected chi connectivity index (χ4v) is 3.95. The Kier molecular flexibility index (Phi) is 5.54. The molecule has 24 heavy (non-hydrogen) atoms. The summed E-state index contributed by atoms with van der Waals surface area (Å²) in [6, 6.07) is 9.82. The summed E-state index contributed by atoms with van der Waals surface area (Å²) < 4.78 is 0. The van der Waals surface area contributed by atoms with Crippen molar-refractivity contribution in [2.75, 3.05) is 19.6 Å². The third-order valence-corrected chi connectivity index (χ3v) is 5.48. The van der Waals surface area contributed by atoms with Crippen LogP contribution in [0.25, 0.3) is 0 Å². The highest BCUT2D eigenvalue weighted by Gasteiger charge is 2.37. The van der Waals surface area contributed by atoms with Crippen molar-refractivity contribution >= 4 is 11.8 Å². The van der Waals surface area contributed by atoms with Gasteiger partial charge in [-0.25, -0.2) is 0 Å². The Bertz CT molecular complexity index is 566. The Hall–Kier alpha value is -1.84. The number of carbonyl (C=O) groups excluding carboxylic acids is 2. The molecule has 0 unspecified atom stereocenters. The number of nitrogens with zero attached hydrogens (tertiary/aromatic N) is 2. The van der Waals surface area contributed by atoms with Gasteiger partial charge in [-0.3, -0.25) is 9.59 Å². The highest BCUT2D eigenvalue weighted by atomic mass is 16.2. The van der Waals surface area contributed by atoms with Crippen molar-refractivity contribution in [2.45, 2.75) is 51.5 Å². The first-order valence-electron chi connectivity index (χ1n) is 9.27. The van der Waals surface area contributed by atoms with E-state index >= 15 is 0 Å². The Morgan fingerprint density at radius 1 is 1.04 bits per heavy atom. The molecule has 1 saturated heterocycles. The lowest BCUT2D eigenvalue weighted by Gasteiger charge is -2.41. The van der Waals surface area contributed by atoms with Crippen LogP contribution in [-0.2, 0) is 16.0 Å². The van der Waals surface area contributed by atoms with Crippen LogP contribution < -0.4 is 0 Å². The monoisotopic (exact) mass is 328 g/mol. The molecule has 0 bridgehead atoms. The van der Waals surface area contributed by atoms with Crippen LogP contribution in [0, 0.1) is 5.92 Å². The molecule has 0 aromatic heterocycles. The van der Waals surface area contributed by atoms with E-state index in [1.807, 2.05) is 30.0 Å². The molecule has 4 heteroatoms. The van der Waals surface area contributed by atoms with E-state index in [0.717, 1.165) is 13.0 Å². The van der Waals surface area contributed by atoms with Gasteiger partial charge in [-0.05, 0) is 37.7 Å². The molecule has 0 N–H and O–H groups in total. The normalized spacial score (nSPS) is 23.0. The molecule has 1 aromatic rings. The van der Waals surface area contributed by atoms with Crippen molar-refractivity contribution in [2.24, 2.45) is 5.92 Å². The lowest BCUT2D eigenvalue weighted by Crippen LogP contribution is -2.60. The van der Waals surface area contributed by atoms with Crippen LogP contribution >= 0.6 is 0 Å². The van der Waals surface area contributed by atoms with Crippen molar-refractivity contribution in [3.63, 3.8) is 0 Å². The fourth-order valence-electron chi connectivity index (χ4n) is 3.95. The molecular weight excluding hydrogens is 300 g/mol. The molecule has 4 nitrogen and oxygen atoms in total. The molecule has 2 aliphatic rings. The van der Waals surface area contributed by atoms with Gasteiger partial charge in [0.05, 0.1) is 6.54 Å². The van der Waals surface area contributed by atoms with Gasteiger partial charge in [0.15, 0.2) is 0 Å². The summed E-state index contributed by atoms with van der Waals surface area (Å²) in [6.45, 7) is 3.51. The zero-order chi connectivity index (χ0) is 16.9. The molecule has 1 aromatic carbocycles. The highest BCUT2D eigenvalue weighted by molar-refractivity contribution is 5.94. The van der Waals surface area contributed by atoms with E-state index in [1.165, 1.54) is 37.7 Å². The van der Waals surface area contributed by atoms with Gasteiger partial charge in [0.25, 0.3) is 0 Å². The van der Waals surface area contributed by atoms with E-state index < -0.39 is 0 Å². The summed E-state index contributed by atoms with van der Waals surface area (Å²) in [5.74, 6) is 0.788.